The molecule has 1 unspecified atom stereocenters. The van der Waals surface area contributed by atoms with Crippen molar-refractivity contribution in [1.82, 2.24) is 0 Å². The molecule has 0 aromatic rings. The van der Waals surface area contributed by atoms with Crippen LogP contribution in [0, 0.1) is 0 Å². The van der Waals surface area contributed by atoms with Crippen molar-refractivity contribution in [1.29, 1.82) is 0 Å². The number of hydrogen-bond donors (Lipinski definition) is 0. The first-order valence-electron chi connectivity index (χ1n) is 7.81. The number of rotatable bonds is 11. The summed E-state index contributed by atoms with van der Waals surface area (Å²) in [6, 6.07) is 0. The zero-order valence-electron chi connectivity index (χ0n) is 14.0. The molecule has 0 aliphatic rings. The Bertz CT molecular complexity index is 300. The van der Waals surface area contributed by atoms with E-state index in [1.807, 2.05) is 0 Å². The fourth-order valence-corrected chi connectivity index (χ4v) is 5.08. The summed E-state index contributed by atoms with van der Waals surface area (Å²) >= 11 is 0. The standard InChI is InChI=1S/C16H32O3Si/c1-7-9-10-11-15(20(5,6)19-8-2)12-13-18-16(17)14(3)4/h15H,3,7-13H2,1-2,4-6H3. The van der Waals surface area contributed by atoms with E-state index in [0.717, 1.165) is 13.0 Å². The highest BCUT2D eigenvalue weighted by atomic mass is 28.4. The molecular formula is C16H32O3Si. The van der Waals surface area contributed by atoms with E-state index in [9.17, 15) is 4.79 Å². The molecule has 0 aliphatic carbocycles. The second kappa shape index (κ2) is 10.2. The van der Waals surface area contributed by atoms with Gasteiger partial charge >= 0.3 is 5.97 Å². The molecule has 0 heterocycles. The lowest BCUT2D eigenvalue weighted by molar-refractivity contribution is -0.139. The van der Waals surface area contributed by atoms with Crippen LogP contribution in [0.2, 0.25) is 18.6 Å². The van der Waals surface area contributed by atoms with Gasteiger partial charge in [-0.25, -0.2) is 4.79 Å². The van der Waals surface area contributed by atoms with Crippen LogP contribution in [0.1, 0.15) is 52.9 Å². The minimum Gasteiger partial charge on any atom is -0.462 e. The maximum Gasteiger partial charge on any atom is 0.333 e. The summed E-state index contributed by atoms with van der Waals surface area (Å²) in [7, 11) is -1.70. The van der Waals surface area contributed by atoms with Crippen LogP contribution in [0.15, 0.2) is 12.2 Å². The molecule has 0 saturated carbocycles. The first-order valence-corrected chi connectivity index (χ1v) is 10.8. The largest absolute Gasteiger partial charge is 0.462 e. The number of carbonyl (C=O) groups excluding carboxylic acids is 1. The summed E-state index contributed by atoms with van der Waals surface area (Å²) in [6.07, 6.45) is 5.81. The predicted molar refractivity (Wildman–Crippen MR) is 87.4 cm³/mol. The van der Waals surface area contributed by atoms with E-state index in [1.54, 1.807) is 6.92 Å². The Labute approximate surface area is 125 Å². The molecular weight excluding hydrogens is 268 g/mol. The van der Waals surface area contributed by atoms with Gasteiger partial charge in [0, 0.05) is 12.2 Å². The van der Waals surface area contributed by atoms with Crippen molar-refractivity contribution < 1.29 is 14.0 Å². The van der Waals surface area contributed by atoms with Gasteiger partial charge in [0.05, 0.1) is 6.61 Å². The average Bonchev–Trinajstić information content (AvgIpc) is 2.36. The Hall–Kier alpha value is -0.613. The lowest BCUT2D eigenvalue weighted by Crippen LogP contribution is -2.37. The molecule has 0 aromatic heterocycles. The van der Waals surface area contributed by atoms with Crippen molar-refractivity contribution in [3.8, 4) is 0 Å². The smallest absolute Gasteiger partial charge is 0.333 e. The van der Waals surface area contributed by atoms with E-state index >= 15 is 0 Å². The number of hydrogen-bond acceptors (Lipinski definition) is 3. The van der Waals surface area contributed by atoms with Gasteiger partial charge < -0.3 is 9.16 Å². The zero-order chi connectivity index (χ0) is 15.6. The molecule has 1 atom stereocenters. The minimum absolute atomic E-state index is 0.284. The van der Waals surface area contributed by atoms with Crippen LogP contribution in [-0.4, -0.2) is 27.5 Å². The minimum atomic E-state index is -1.70. The van der Waals surface area contributed by atoms with Gasteiger partial charge in [-0.05, 0) is 38.9 Å². The van der Waals surface area contributed by atoms with Gasteiger partial charge in [-0.1, -0.05) is 39.2 Å². The number of carbonyl (C=O) groups is 1. The summed E-state index contributed by atoms with van der Waals surface area (Å²) in [5.41, 5.74) is 1.01. The molecule has 0 fully saturated rings. The Balaban J connectivity index is 4.37. The molecule has 0 radical (unpaired) electrons. The first kappa shape index (κ1) is 19.4. The van der Waals surface area contributed by atoms with Crippen molar-refractivity contribution in [3.05, 3.63) is 12.2 Å². The van der Waals surface area contributed by atoms with Crippen molar-refractivity contribution in [2.45, 2.75) is 71.5 Å². The second-order valence-corrected chi connectivity index (χ2v) is 10.2. The zero-order valence-corrected chi connectivity index (χ0v) is 15.0. The molecule has 0 aromatic carbocycles. The van der Waals surface area contributed by atoms with Crippen molar-refractivity contribution >= 4 is 14.3 Å². The van der Waals surface area contributed by atoms with Crippen LogP contribution in [0.5, 0.6) is 0 Å². The third-order valence-electron chi connectivity index (χ3n) is 3.70. The highest BCUT2D eigenvalue weighted by Crippen LogP contribution is 2.32. The normalized spacial score (nSPS) is 13.1. The lowest BCUT2D eigenvalue weighted by atomic mass is 10.1. The van der Waals surface area contributed by atoms with Crippen LogP contribution in [0.25, 0.3) is 0 Å². The van der Waals surface area contributed by atoms with E-state index in [-0.39, 0.29) is 5.97 Å². The van der Waals surface area contributed by atoms with Gasteiger partial charge in [-0.15, -0.1) is 0 Å². The van der Waals surface area contributed by atoms with Gasteiger partial charge in [0.15, 0.2) is 8.32 Å². The quantitative estimate of drug-likeness (QED) is 0.240. The Kier molecular flexibility index (Phi) is 9.85. The van der Waals surface area contributed by atoms with Gasteiger partial charge in [0.2, 0.25) is 0 Å². The summed E-state index contributed by atoms with van der Waals surface area (Å²) in [5, 5.41) is 0. The van der Waals surface area contributed by atoms with Crippen LogP contribution >= 0.6 is 0 Å². The molecule has 0 amide bonds. The number of esters is 1. The van der Waals surface area contributed by atoms with Gasteiger partial charge in [0.25, 0.3) is 0 Å². The molecule has 4 heteroatoms. The lowest BCUT2D eigenvalue weighted by Gasteiger charge is -2.32. The van der Waals surface area contributed by atoms with Gasteiger partial charge in [-0.2, -0.15) is 0 Å². The van der Waals surface area contributed by atoms with Crippen molar-refractivity contribution in [3.63, 3.8) is 0 Å². The number of unbranched alkanes of at least 4 members (excludes halogenated alkanes) is 2. The second-order valence-electron chi connectivity index (χ2n) is 5.93. The van der Waals surface area contributed by atoms with Crippen molar-refractivity contribution in [2.24, 2.45) is 0 Å². The average molecular weight is 301 g/mol. The SMILES string of the molecule is C=C(C)C(=O)OCCC(CCCCC)[Si](C)(C)OCC. The topological polar surface area (TPSA) is 35.5 Å². The van der Waals surface area contributed by atoms with E-state index in [1.165, 1.54) is 25.7 Å². The molecule has 118 valence electrons. The summed E-state index contributed by atoms with van der Waals surface area (Å²) in [5.74, 6) is -0.284. The predicted octanol–water partition coefficient (Wildman–Crippen LogP) is 4.69. The van der Waals surface area contributed by atoms with Gasteiger partial charge in [0.1, 0.15) is 0 Å². The van der Waals surface area contributed by atoms with E-state index < -0.39 is 8.32 Å². The maximum absolute atomic E-state index is 11.4. The summed E-state index contributed by atoms with van der Waals surface area (Å²) in [6.45, 7) is 15.3. The first-order chi connectivity index (χ1) is 9.35. The molecule has 0 bridgehead atoms. The highest BCUT2D eigenvalue weighted by Gasteiger charge is 2.32. The monoisotopic (exact) mass is 300 g/mol. The van der Waals surface area contributed by atoms with E-state index in [0.29, 0.717) is 17.7 Å². The van der Waals surface area contributed by atoms with Crippen molar-refractivity contribution in [2.75, 3.05) is 13.2 Å². The molecule has 0 spiro atoms. The molecule has 0 rings (SSSR count). The molecule has 20 heavy (non-hydrogen) atoms. The molecule has 0 aliphatic heterocycles. The van der Waals surface area contributed by atoms with Gasteiger partial charge in [-0.3, -0.25) is 0 Å². The number of ether oxygens (including phenoxy) is 1. The van der Waals surface area contributed by atoms with Crippen LogP contribution in [0.4, 0.5) is 0 Å². The third-order valence-corrected chi connectivity index (χ3v) is 7.28. The Morgan fingerprint density at radius 1 is 1.20 bits per heavy atom. The van der Waals surface area contributed by atoms with E-state index in [2.05, 4.69) is 33.5 Å². The fourth-order valence-electron chi connectivity index (χ4n) is 2.39. The maximum atomic E-state index is 11.4. The van der Waals surface area contributed by atoms with Crippen LogP contribution in [-0.2, 0) is 14.0 Å². The Morgan fingerprint density at radius 3 is 2.35 bits per heavy atom. The third kappa shape index (κ3) is 7.85. The molecule has 0 N–H and O–H groups in total. The molecule has 0 saturated heterocycles. The van der Waals surface area contributed by atoms with Crippen LogP contribution < -0.4 is 0 Å². The Morgan fingerprint density at radius 2 is 1.85 bits per heavy atom. The summed E-state index contributed by atoms with van der Waals surface area (Å²) < 4.78 is 11.2. The summed E-state index contributed by atoms with van der Waals surface area (Å²) in [4.78, 5) is 11.4. The fraction of sp³-hybridized carbons (Fsp3) is 0.812. The van der Waals surface area contributed by atoms with Crippen LogP contribution in [0.3, 0.4) is 0 Å². The molecule has 3 nitrogen and oxygen atoms in total. The highest BCUT2D eigenvalue weighted by molar-refractivity contribution is 6.72. The van der Waals surface area contributed by atoms with E-state index in [4.69, 9.17) is 9.16 Å².